The van der Waals surface area contributed by atoms with Crippen LogP contribution in [0.2, 0.25) is 0 Å². The Hall–Kier alpha value is -3.65. The van der Waals surface area contributed by atoms with E-state index >= 15 is 0 Å². The first kappa shape index (κ1) is 46.4. The fourth-order valence-electron chi connectivity index (χ4n) is 5.52. The van der Waals surface area contributed by atoms with Crippen LogP contribution < -0.4 is 0 Å². The zero-order valence-corrected chi connectivity index (χ0v) is 36.3. The molecule has 0 saturated carbocycles. The number of hydrogen-bond acceptors (Lipinski definition) is 1. The van der Waals surface area contributed by atoms with Crippen molar-refractivity contribution < 1.29 is 9.90 Å². The van der Waals surface area contributed by atoms with Crippen LogP contribution in [0.25, 0.3) is 11.1 Å². The third-order valence-corrected chi connectivity index (χ3v) is 9.23. The van der Waals surface area contributed by atoms with E-state index < -0.39 is 5.97 Å². The predicted molar refractivity (Wildman–Crippen MR) is 233 cm³/mol. The van der Waals surface area contributed by atoms with Gasteiger partial charge in [-0.2, -0.15) is 0 Å². The van der Waals surface area contributed by atoms with Crippen LogP contribution in [0.1, 0.15) is 177 Å². The van der Waals surface area contributed by atoms with Gasteiger partial charge in [0.1, 0.15) is 0 Å². The van der Waals surface area contributed by atoms with Crippen LogP contribution in [0.3, 0.4) is 0 Å². The molecular weight excluding hydrogens is 633 g/mol. The van der Waals surface area contributed by atoms with Gasteiger partial charge in [-0.3, -0.25) is 0 Å². The van der Waals surface area contributed by atoms with Crippen molar-refractivity contribution in [3.63, 3.8) is 0 Å². The Morgan fingerprint density at radius 1 is 0.558 bits per heavy atom. The van der Waals surface area contributed by atoms with E-state index in [1.807, 2.05) is 12.2 Å². The summed E-state index contributed by atoms with van der Waals surface area (Å²) in [5, 5.41) is 8.84. The average Bonchev–Trinajstić information content (AvgIpc) is 3.01. The van der Waals surface area contributed by atoms with Gasteiger partial charge in [0.2, 0.25) is 0 Å². The first-order valence-electron chi connectivity index (χ1n) is 19.4. The van der Waals surface area contributed by atoms with Crippen molar-refractivity contribution in [3.8, 4) is 0 Å². The Kier molecular flexibility index (Phi) is 17.8. The maximum atomic E-state index is 10.8. The van der Waals surface area contributed by atoms with Crippen LogP contribution in [-0.2, 0) is 26.5 Å². The molecule has 0 unspecified atom stereocenters. The van der Waals surface area contributed by atoms with Crippen LogP contribution in [0.4, 0.5) is 0 Å². The van der Waals surface area contributed by atoms with Crippen molar-refractivity contribution in [1.29, 1.82) is 0 Å². The Labute approximate surface area is 320 Å². The van der Waals surface area contributed by atoms with E-state index in [1.165, 1.54) is 56.2 Å². The van der Waals surface area contributed by atoms with E-state index in [9.17, 15) is 4.79 Å². The van der Waals surface area contributed by atoms with E-state index in [0.29, 0.717) is 0 Å². The van der Waals surface area contributed by atoms with Gasteiger partial charge in [0.25, 0.3) is 0 Å². The number of carboxylic acid groups (broad SMARTS) is 1. The lowest BCUT2D eigenvalue weighted by Gasteiger charge is -2.26. The molecule has 0 bridgehead atoms. The lowest BCUT2D eigenvalue weighted by atomic mass is 9.78. The van der Waals surface area contributed by atoms with Crippen LogP contribution >= 0.6 is 0 Å². The first-order valence-corrected chi connectivity index (χ1v) is 19.4. The largest absolute Gasteiger partial charge is 0.478 e. The normalized spacial score (nSPS) is 14.2. The zero-order valence-electron chi connectivity index (χ0n) is 36.3. The fraction of sp³-hybridized carbons (Fsp3) is 0.500. The van der Waals surface area contributed by atoms with Crippen LogP contribution in [0, 0.1) is 0 Å². The van der Waals surface area contributed by atoms with Crippen LogP contribution in [0.5, 0.6) is 0 Å². The van der Waals surface area contributed by atoms with Gasteiger partial charge < -0.3 is 5.11 Å². The standard InChI is InChI=1S/C25H36O2.C25H38/c1-9-11-19(13-10-12-18(2)14-23(26)27)20-15-21(24(3,4)5)17-22(16-20)25(6,7)8;1-10-13-20(15-12-14-19(3)11-2)21-16-22(24(4,5)6)18-23(17-21)25(7,8)9/h10,12-17H,9,11H2,1-8H3,(H,26,27);11-12,14-18H,10,13H2,1-9H3/b12-10+,18-14+,19-13?;14-12+,19-11+,20-15?. The Bertz CT molecular complexity index is 1590. The molecule has 0 fully saturated rings. The van der Waals surface area contributed by atoms with E-state index in [2.05, 4.69) is 178 Å². The summed E-state index contributed by atoms with van der Waals surface area (Å²) in [5.41, 5.74) is 13.4. The molecule has 2 rings (SSSR count). The van der Waals surface area contributed by atoms with Gasteiger partial charge in [-0.15, -0.1) is 0 Å². The molecule has 52 heavy (non-hydrogen) atoms. The van der Waals surface area contributed by atoms with Gasteiger partial charge in [0.05, 0.1) is 0 Å². The van der Waals surface area contributed by atoms with Gasteiger partial charge in [-0.05, 0) is 105 Å². The van der Waals surface area contributed by atoms with Crippen molar-refractivity contribution in [2.75, 3.05) is 0 Å². The van der Waals surface area contributed by atoms with Crippen molar-refractivity contribution in [1.82, 2.24) is 0 Å². The van der Waals surface area contributed by atoms with Gasteiger partial charge in [0, 0.05) is 6.08 Å². The van der Waals surface area contributed by atoms with Gasteiger partial charge >= 0.3 is 5.97 Å². The molecule has 0 saturated heterocycles. The second-order valence-corrected chi connectivity index (χ2v) is 18.5. The van der Waals surface area contributed by atoms with E-state index in [1.54, 1.807) is 6.92 Å². The number of allylic oxidation sites excluding steroid dienone is 11. The highest BCUT2D eigenvalue weighted by Gasteiger charge is 2.22. The predicted octanol–water partition coefficient (Wildman–Crippen LogP) is 15.0. The molecule has 0 aromatic heterocycles. The molecule has 1 N–H and O–H groups in total. The van der Waals surface area contributed by atoms with Crippen molar-refractivity contribution >= 4 is 17.1 Å². The molecule has 0 amide bonds. The number of hydrogen-bond donors (Lipinski definition) is 1. The molecular formula is C50H74O2. The Morgan fingerprint density at radius 3 is 1.12 bits per heavy atom. The minimum Gasteiger partial charge on any atom is -0.478 e. The summed E-state index contributed by atoms with van der Waals surface area (Å²) in [6.45, 7) is 37.8. The maximum absolute atomic E-state index is 10.8. The molecule has 0 aliphatic rings. The molecule has 0 heterocycles. The molecule has 2 aromatic rings. The van der Waals surface area contributed by atoms with Crippen LogP contribution in [-0.4, -0.2) is 11.1 Å². The number of rotatable bonds is 11. The minimum absolute atomic E-state index is 0.0873. The highest BCUT2D eigenvalue weighted by molar-refractivity contribution is 5.81. The SMILES string of the molecule is C/C=C(C)/C=C/C=C(CCC)c1cc(C(C)(C)C)cc(C(C)(C)C)c1.CCCC(=C/C=C/C(C)=C/C(=O)O)c1cc(C(C)(C)C)cc(C(C)(C)C)c1. The second kappa shape index (κ2) is 20.0. The van der Waals surface area contributed by atoms with Gasteiger partial charge in [-0.1, -0.05) is 194 Å². The van der Waals surface area contributed by atoms with E-state index in [-0.39, 0.29) is 21.7 Å². The third kappa shape index (κ3) is 16.4. The topological polar surface area (TPSA) is 37.3 Å². The lowest BCUT2D eigenvalue weighted by molar-refractivity contribution is -0.131. The quantitative estimate of drug-likeness (QED) is 0.187. The molecule has 2 heteroatoms. The van der Waals surface area contributed by atoms with E-state index in [0.717, 1.165) is 31.3 Å². The smallest absolute Gasteiger partial charge is 0.328 e. The van der Waals surface area contributed by atoms with Crippen molar-refractivity contribution in [2.45, 2.75) is 165 Å². The van der Waals surface area contributed by atoms with E-state index in [4.69, 9.17) is 5.11 Å². The molecule has 0 aliphatic heterocycles. The van der Waals surface area contributed by atoms with Gasteiger partial charge in [0.15, 0.2) is 0 Å². The molecule has 286 valence electrons. The summed E-state index contributed by atoms with van der Waals surface area (Å²) in [7, 11) is 0. The highest BCUT2D eigenvalue weighted by atomic mass is 16.4. The number of carbonyl (C=O) groups is 1. The zero-order chi connectivity index (χ0) is 40.1. The lowest BCUT2D eigenvalue weighted by Crippen LogP contribution is -2.17. The number of benzene rings is 2. The molecule has 0 atom stereocenters. The minimum atomic E-state index is -0.914. The van der Waals surface area contributed by atoms with Crippen molar-refractivity contribution in [3.05, 3.63) is 130 Å². The summed E-state index contributed by atoms with van der Waals surface area (Å²) < 4.78 is 0. The van der Waals surface area contributed by atoms with Crippen LogP contribution in [0.15, 0.2) is 96.2 Å². The monoisotopic (exact) mass is 707 g/mol. The molecule has 0 radical (unpaired) electrons. The number of aliphatic carboxylic acids is 1. The molecule has 0 spiro atoms. The average molecular weight is 707 g/mol. The maximum Gasteiger partial charge on any atom is 0.328 e. The summed E-state index contributed by atoms with van der Waals surface area (Å²) in [4.78, 5) is 10.8. The summed E-state index contributed by atoms with van der Waals surface area (Å²) >= 11 is 0. The fourth-order valence-corrected chi connectivity index (χ4v) is 5.52. The first-order chi connectivity index (χ1) is 23.8. The highest BCUT2D eigenvalue weighted by Crippen LogP contribution is 2.35. The summed E-state index contributed by atoms with van der Waals surface area (Å²) in [6.07, 6.45) is 20.3. The molecule has 0 aliphatic carbocycles. The Balaban J connectivity index is 0.000000522. The number of carboxylic acids is 1. The summed E-state index contributed by atoms with van der Waals surface area (Å²) in [6, 6.07) is 14.1. The Morgan fingerprint density at radius 2 is 0.865 bits per heavy atom. The summed E-state index contributed by atoms with van der Waals surface area (Å²) in [5.74, 6) is -0.914. The third-order valence-electron chi connectivity index (χ3n) is 9.23. The van der Waals surface area contributed by atoms with Crippen molar-refractivity contribution in [2.24, 2.45) is 0 Å². The second-order valence-electron chi connectivity index (χ2n) is 18.5. The molecule has 2 aromatic carbocycles. The van der Waals surface area contributed by atoms with Gasteiger partial charge in [-0.25, -0.2) is 4.79 Å². The molecule has 2 nitrogen and oxygen atoms in total.